The Hall–Kier alpha value is -2.30. The normalized spacial score (nSPS) is 11.1. The first-order chi connectivity index (χ1) is 8.24. The molecule has 0 bridgehead atoms. The van der Waals surface area contributed by atoms with Gasteiger partial charge in [0, 0.05) is 6.07 Å². The molecule has 2 N–H and O–H groups in total. The Balaban J connectivity index is 2.12. The van der Waals surface area contributed by atoms with Crippen molar-refractivity contribution >= 4 is 17.0 Å². The summed E-state index contributed by atoms with van der Waals surface area (Å²) in [6.45, 7) is 2.58. The number of imidazole rings is 1. The molecule has 0 aliphatic carbocycles. The monoisotopic (exact) mass is 228 g/mol. The lowest BCUT2D eigenvalue weighted by Crippen LogP contribution is -2.03. The maximum Gasteiger partial charge on any atom is 0.201 e. The summed E-state index contributed by atoms with van der Waals surface area (Å²) >= 11 is 0. The van der Waals surface area contributed by atoms with Crippen LogP contribution in [0.15, 0.2) is 35.0 Å². The summed E-state index contributed by atoms with van der Waals surface area (Å²) in [6.07, 6.45) is 1.62. The van der Waals surface area contributed by atoms with Crippen molar-refractivity contribution in [3.63, 3.8) is 0 Å². The number of nitrogen functional groups attached to an aromatic ring is 1. The van der Waals surface area contributed by atoms with Crippen molar-refractivity contribution in [3.8, 4) is 0 Å². The molecule has 0 saturated carbocycles. The fourth-order valence-corrected chi connectivity index (χ4v) is 1.90. The van der Waals surface area contributed by atoms with Gasteiger partial charge >= 0.3 is 0 Å². The molecular formula is C12H12N4O. The average molecular weight is 228 g/mol. The minimum atomic E-state index is 0.488. The summed E-state index contributed by atoms with van der Waals surface area (Å²) in [5.41, 5.74) is 8.99. The van der Waals surface area contributed by atoms with Gasteiger partial charge in [-0.2, -0.15) is 0 Å². The quantitative estimate of drug-likeness (QED) is 0.728. The molecule has 0 saturated heterocycles. The van der Waals surface area contributed by atoms with Gasteiger partial charge in [-0.3, -0.25) is 0 Å². The van der Waals surface area contributed by atoms with Crippen LogP contribution in [0.5, 0.6) is 0 Å². The van der Waals surface area contributed by atoms with Crippen LogP contribution in [-0.4, -0.2) is 14.7 Å². The van der Waals surface area contributed by atoms with Gasteiger partial charge in [-0.05, 0) is 24.6 Å². The molecular weight excluding hydrogens is 216 g/mol. The summed E-state index contributed by atoms with van der Waals surface area (Å²) in [6, 6.07) is 7.90. The molecule has 1 aromatic carbocycles. The molecule has 5 heteroatoms. The van der Waals surface area contributed by atoms with Crippen LogP contribution in [0, 0.1) is 6.92 Å². The van der Waals surface area contributed by atoms with E-state index in [4.69, 9.17) is 10.3 Å². The van der Waals surface area contributed by atoms with E-state index in [1.165, 1.54) is 5.56 Å². The van der Waals surface area contributed by atoms with E-state index in [9.17, 15) is 0 Å². The number of nitrogens with zero attached hydrogens (tertiary/aromatic N) is 3. The topological polar surface area (TPSA) is 69.9 Å². The number of rotatable bonds is 2. The number of nitrogens with two attached hydrogens (primary N) is 1. The zero-order valence-electron chi connectivity index (χ0n) is 9.42. The third-order valence-corrected chi connectivity index (χ3v) is 2.74. The van der Waals surface area contributed by atoms with Crippen LogP contribution < -0.4 is 5.73 Å². The number of aromatic nitrogens is 3. The first-order valence-corrected chi connectivity index (χ1v) is 5.36. The van der Waals surface area contributed by atoms with E-state index in [0.717, 1.165) is 16.8 Å². The average Bonchev–Trinajstić information content (AvgIpc) is 2.88. The van der Waals surface area contributed by atoms with Crippen molar-refractivity contribution in [2.75, 3.05) is 5.73 Å². The molecule has 0 spiro atoms. The Kier molecular flexibility index (Phi) is 2.11. The van der Waals surface area contributed by atoms with Crippen LogP contribution in [0.3, 0.4) is 0 Å². The predicted octanol–water partition coefficient (Wildman–Crippen LogP) is 1.96. The first-order valence-electron chi connectivity index (χ1n) is 5.36. The minimum absolute atomic E-state index is 0.488. The zero-order chi connectivity index (χ0) is 11.8. The highest BCUT2D eigenvalue weighted by Gasteiger charge is 2.09. The van der Waals surface area contributed by atoms with Crippen molar-refractivity contribution < 1.29 is 4.52 Å². The van der Waals surface area contributed by atoms with Gasteiger partial charge in [0.25, 0.3) is 0 Å². The van der Waals surface area contributed by atoms with E-state index in [1.807, 2.05) is 35.8 Å². The van der Waals surface area contributed by atoms with Crippen LogP contribution in [0.4, 0.5) is 5.95 Å². The highest BCUT2D eigenvalue weighted by Crippen LogP contribution is 2.20. The summed E-state index contributed by atoms with van der Waals surface area (Å²) in [7, 11) is 0. The molecule has 86 valence electrons. The van der Waals surface area contributed by atoms with Crippen molar-refractivity contribution in [3.05, 3.63) is 41.8 Å². The van der Waals surface area contributed by atoms with E-state index in [1.54, 1.807) is 6.20 Å². The van der Waals surface area contributed by atoms with Gasteiger partial charge in [-0.25, -0.2) is 4.98 Å². The van der Waals surface area contributed by atoms with Crippen molar-refractivity contribution in [1.29, 1.82) is 0 Å². The molecule has 17 heavy (non-hydrogen) atoms. The summed E-state index contributed by atoms with van der Waals surface area (Å²) in [5, 5.41) is 3.68. The van der Waals surface area contributed by atoms with Gasteiger partial charge in [0.1, 0.15) is 0 Å². The molecule has 3 rings (SSSR count). The van der Waals surface area contributed by atoms with Crippen molar-refractivity contribution in [2.24, 2.45) is 0 Å². The highest BCUT2D eigenvalue weighted by atomic mass is 16.5. The fourth-order valence-electron chi connectivity index (χ4n) is 1.90. The first kappa shape index (κ1) is 9.89. The number of hydrogen-bond donors (Lipinski definition) is 1. The van der Waals surface area contributed by atoms with E-state index in [-0.39, 0.29) is 0 Å². The Labute approximate surface area is 97.8 Å². The van der Waals surface area contributed by atoms with Crippen LogP contribution >= 0.6 is 0 Å². The molecule has 0 radical (unpaired) electrons. The summed E-state index contributed by atoms with van der Waals surface area (Å²) < 4.78 is 6.99. The van der Waals surface area contributed by atoms with Crippen molar-refractivity contribution in [1.82, 2.24) is 14.7 Å². The Morgan fingerprint density at radius 2 is 2.24 bits per heavy atom. The number of hydrogen-bond acceptors (Lipinski definition) is 4. The zero-order valence-corrected chi connectivity index (χ0v) is 9.42. The van der Waals surface area contributed by atoms with Gasteiger partial charge in [-0.1, -0.05) is 11.2 Å². The smallest absolute Gasteiger partial charge is 0.201 e. The van der Waals surface area contributed by atoms with Gasteiger partial charge < -0.3 is 14.8 Å². The number of aryl methyl sites for hydroxylation is 1. The van der Waals surface area contributed by atoms with Crippen LogP contribution in [0.25, 0.3) is 11.0 Å². The molecule has 5 nitrogen and oxygen atoms in total. The lowest BCUT2D eigenvalue weighted by atomic mass is 10.2. The highest BCUT2D eigenvalue weighted by molar-refractivity contribution is 5.79. The molecule has 2 heterocycles. The lowest BCUT2D eigenvalue weighted by molar-refractivity contribution is 0.378. The van der Waals surface area contributed by atoms with Crippen LogP contribution in [0.2, 0.25) is 0 Å². The maximum absolute atomic E-state index is 5.91. The Morgan fingerprint density at radius 1 is 1.35 bits per heavy atom. The standard InChI is InChI=1S/C12H12N4O/c1-8-2-3-11-10(6-8)15-12(13)16(11)7-9-4-5-14-17-9/h2-6H,7H2,1H3,(H2,13,15). The van der Waals surface area contributed by atoms with E-state index in [2.05, 4.69) is 10.1 Å². The van der Waals surface area contributed by atoms with E-state index in [0.29, 0.717) is 12.5 Å². The predicted molar refractivity (Wildman–Crippen MR) is 64.5 cm³/mol. The molecule has 0 atom stereocenters. The fraction of sp³-hybridized carbons (Fsp3) is 0.167. The molecule has 0 aliphatic heterocycles. The summed E-state index contributed by atoms with van der Waals surface area (Å²) in [5.74, 6) is 1.25. The number of anilines is 1. The Bertz CT molecular complexity index is 655. The molecule has 3 aromatic rings. The van der Waals surface area contributed by atoms with Gasteiger partial charge in [-0.15, -0.1) is 0 Å². The van der Waals surface area contributed by atoms with Gasteiger partial charge in [0.15, 0.2) is 5.76 Å². The Morgan fingerprint density at radius 3 is 3.00 bits per heavy atom. The molecule has 0 aliphatic rings. The molecule has 2 aromatic heterocycles. The lowest BCUT2D eigenvalue weighted by Gasteiger charge is -2.03. The number of fused-ring (bicyclic) bond motifs is 1. The third-order valence-electron chi connectivity index (χ3n) is 2.74. The second-order valence-corrected chi connectivity index (χ2v) is 4.03. The molecule has 0 unspecified atom stereocenters. The second-order valence-electron chi connectivity index (χ2n) is 4.03. The third kappa shape index (κ3) is 1.65. The van der Waals surface area contributed by atoms with Gasteiger partial charge in [0.2, 0.25) is 5.95 Å². The maximum atomic E-state index is 5.91. The minimum Gasteiger partial charge on any atom is -0.369 e. The SMILES string of the molecule is Cc1ccc2c(c1)nc(N)n2Cc1ccno1. The van der Waals surface area contributed by atoms with E-state index < -0.39 is 0 Å². The van der Waals surface area contributed by atoms with Crippen LogP contribution in [0.1, 0.15) is 11.3 Å². The second kappa shape index (κ2) is 3.62. The summed E-state index contributed by atoms with van der Waals surface area (Å²) in [4.78, 5) is 4.33. The molecule has 0 amide bonds. The number of benzene rings is 1. The van der Waals surface area contributed by atoms with Gasteiger partial charge in [0.05, 0.1) is 23.8 Å². The largest absolute Gasteiger partial charge is 0.369 e. The van der Waals surface area contributed by atoms with E-state index >= 15 is 0 Å². The van der Waals surface area contributed by atoms with Crippen LogP contribution in [-0.2, 0) is 6.54 Å². The van der Waals surface area contributed by atoms with Crippen molar-refractivity contribution in [2.45, 2.75) is 13.5 Å². The molecule has 0 fully saturated rings.